The molecule has 4 aliphatic carbocycles. The van der Waals surface area contributed by atoms with E-state index in [1.165, 1.54) is 7.11 Å². The predicted octanol–water partition coefficient (Wildman–Crippen LogP) is 0.258. The summed E-state index contributed by atoms with van der Waals surface area (Å²) in [7, 11) is 1.51. The maximum atomic E-state index is 13.2. The predicted molar refractivity (Wildman–Crippen MR) is 171 cm³/mol. The first kappa shape index (κ1) is 36.8. The van der Waals surface area contributed by atoms with Gasteiger partial charge in [0, 0.05) is 31.4 Å². The van der Waals surface area contributed by atoms with Crippen molar-refractivity contribution in [3.8, 4) is 0 Å². The Kier molecular flexibility index (Phi) is 9.84. The Labute approximate surface area is 292 Å². The molecule has 6 fully saturated rings. The molecule has 0 aromatic rings. The molecular formula is C36H54O14. The molecule has 0 unspecified atom stereocenters. The van der Waals surface area contributed by atoms with Crippen LogP contribution in [0.15, 0.2) is 11.6 Å². The van der Waals surface area contributed by atoms with Gasteiger partial charge in [-0.25, -0.2) is 4.79 Å². The molecular weight excluding hydrogens is 656 g/mol. The van der Waals surface area contributed by atoms with Crippen molar-refractivity contribution in [2.75, 3.05) is 20.3 Å². The summed E-state index contributed by atoms with van der Waals surface area (Å²) in [4.78, 5) is 25.1. The van der Waals surface area contributed by atoms with Gasteiger partial charge in [-0.2, -0.15) is 0 Å². The average molecular weight is 711 g/mol. The van der Waals surface area contributed by atoms with Gasteiger partial charge in [0.15, 0.2) is 12.6 Å². The van der Waals surface area contributed by atoms with Gasteiger partial charge in [0.1, 0.15) is 43.4 Å². The molecule has 0 aromatic carbocycles. The zero-order valence-corrected chi connectivity index (χ0v) is 29.1. The number of aldehydes is 1. The number of esters is 1. The molecule has 282 valence electrons. The Morgan fingerprint density at radius 2 is 1.72 bits per heavy atom. The van der Waals surface area contributed by atoms with E-state index in [-0.39, 0.29) is 43.2 Å². The lowest BCUT2D eigenvalue weighted by molar-refractivity contribution is -0.346. The summed E-state index contributed by atoms with van der Waals surface area (Å²) in [6.45, 7) is 3.57. The summed E-state index contributed by atoms with van der Waals surface area (Å²) in [5.74, 6) is -0.635. The van der Waals surface area contributed by atoms with Crippen molar-refractivity contribution in [1.82, 2.24) is 0 Å². The van der Waals surface area contributed by atoms with E-state index in [0.29, 0.717) is 44.9 Å². The molecule has 7 rings (SSSR count). The van der Waals surface area contributed by atoms with E-state index >= 15 is 0 Å². The fourth-order valence-corrected chi connectivity index (χ4v) is 11.5. The minimum Gasteiger partial charge on any atom is -0.458 e. The van der Waals surface area contributed by atoms with Crippen LogP contribution in [0.3, 0.4) is 0 Å². The van der Waals surface area contributed by atoms with Crippen molar-refractivity contribution in [1.29, 1.82) is 0 Å². The van der Waals surface area contributed by atoms with Crippen molar-refractivity contribution in [2.45, 2.75) is 151 Å². The van der Waals surface area contributed by atoms with E-state index in [4.69, 9.17) is 28.4 Å². The van der Waals surface area contributed by atoms with Crippen LogP contribution in [-0.4, -0.2) is 136 Å². The molecule has 2 saturated heterocycles. The first-order valence-electron chi connectivity index (χ1n) is 18.3. The molecule has 0 bridgehead atoms. The molecule has 6 N–H and O–H groups in total. The van der Waals surface area contributed by atoms with Crippen LogP contribution in [0.25, 0.3) is 0 Å². The molecule has 0 amide bonds. The SMILES string of the molecule is CO[C@H]1C[C@H](O[C@H]2CC[C@]3(C=O)[C@H]4CC[C@]5(C)[C@@H](C6=CC(=O)OC6)CC[C@]5(O)[C@@H]4CC[C@]3(O)C2)O[C@H](C)[C@H]1O[C@@H]1O[C@H](CO)[C@@H](O)[C@H](O)[C@H]1O. The van der Waals surface area contributed by atoms with Gasteiger partial charge in [-0.3, -0.25) is 0 Å². The van der Waals surface area contributed by atoms with Crippen LogP contribution in [0, 0.1) is 28.6 Å². The monoisotopic (exact) mass is 710 g/mol. The van der Waals surface area contributed by atoms with E-state index in [2.05, 4.69) is 6.92 Å². The molecule has 4 saturated carbocycles. The number of hydrogen-bond acceptors (Lipinski definition) is 14. The largest absolute Gasteiger partial charge is 0.458 e. The Balaban J connectivity index is 1.01. The second-order valence-corrected chi connectivity index (χ2v) is 16.3. The van der Waals surface area contributed by atoms with Gasteiger partial charge in [0.05, 0.1) is 41.5 Å². The maximum absolute atomic E-state index is 13.2. The van der Waals surface area contributed by atoms with E-state index in [9.17, 15) is 40.2 Å². The molecule has 3 aliphatic heterocycles. The molecule has 7 aliphatic rings. The summed E-state index contributed by atoms with van der Waals surface area (Å²) < 4.78 is 35.2. The van der Waals surface area contributed by atoms with Crippen LogP contribution in [0.2, 0.25) is 0 Å². The normalized spacial score (nSPS) is 53.5. The number of carbonyl (C=O) groups excluding carboxylic acids is 2. The fraction of sp³-hybridized carbons (Fsp3) is 0.889. The standard InChI is InChI=1S/C36H54O14/c1-18-31(50-32-30(42)29(41)28(40)25(15-37)49-32)24(45-3)13-27(47-18)48-20-4-9-34(17-38)22-5-8-33(2)21(19-12-26(39)46-16-19)7-11-36(33,44)23(22)6-10-35(34,43)14-20/h12,17-18,20-25,27-32,37,40-44H,4-11,13-16H2,1-3H3/t18-,20+,21-,22+,23-,24+,25-,27+,28-,29+,30-,31-,32+,33-,34+,35+,36+/m1/s1. The first-order chi connectivity index (χ1) is 23.7. The average Bonchev–Trinajstić information content (AvgIpc) is 3.64. The van der Waals surface area contributed by atoms with Gasteiger partial charge in [-0.15, -0.1) is 0 Å². The summed E-state index contributed by atoms with van der Waals surface area (Å²) in [5.41, 5.74) is -2.86. The molecule has 17 atom stereocenters. The highest BCUT2D eigenvalue weighted by Gasteiger charge is 2.71. The van der Waals surface area contributed by atoms with Gasteiger partial charge >= 0.3 is 5.97 Å². The lowest BCUT2D eigenvalue weighted by Crippen LogP contribution is -2.69. The van der Waals surface area contributed by atoms with Crippen molar-refractivity contribution in [3.05, 3.63) is 11.6 Å². The third kappa shape index (κ3) is 5.55. The number of cyclic esters (lactones) is 1. The van der Waals surface area contributed by atoms with E-state index in [0.717, 1.165) is 18.3 Å². The number of hydrogen-bond donors (Lipinski definition) is 6. The number of fused-ring (bicyclic) bond motifs is 5. The second-order valence-electron chi connectivity index (χ2n) is 16.3. The van der Waals surface area contributed by atoms with Gasteiger partial charge in [0.25, 0.3) is 0 Å². The summed E-state index contributed by atoms with van der Waals surface area (Å²) >= 11 is 0. The molecule has 50 heavy (non-hydrogen) atoms. The highest BCUT2D eigenvalue weighted by atomic mass is 16.7. The summed E-state index contributed by atoms with van der Waals surface area (Å²) in [6.07, 6.45) is -2.52. The molecule has 0 spiro atoms. The Bertz CT molecular complexity index is 1330. The van der Waals surface area contributed by atoms with Crippen LogP contribution in [0.1, 0.15) is 78.1 Å². The lowest BCUT2D eigenvalue weighted by Gasteiger charge is -2.65. The number of aliphatic hydroxyl groups is 6. The quantitative estimate of drug-likeness (QED) is 0.113. The smallest absolute Gasteiger partial charge is 0.331 e. The van der Waals surface area contributed by atoms with Crippen molar-refractivity contribution >= 4 is 12.3 Å². The number of carbonyl (C=O) groups is 2. The number of aliphatic hydroxyl groups excluding tert-OH is 4. The van der Waals surface area contributed by atoms with Crippen molar-refractivity contribution in [3.63, 3.8) is 0 Å². The van der Waals surface area contributed by atoms with E-state index in [1.54, 1.807) is 13.0 Å². The number of ether oxygens (including phenoxy) is 6. The van der Waals surface area contributed by atoms with Gasteiger partial charge in [-0.05, 0) is 81.6 Å². The molecule has 14 nitrogen and oxygen atoms in total. The second kappa shape index (κ2) is 13.4. The third-order valence-electron chi connectivity index (χ3n) is 14.2. The van der Waals surface area contributed by atoms with Crippen LogP contribution in [-0.2, 0) is 38.0 Å². The van der Waals surface area contributed by atoms with Crippen molar-refractivity contribution < 1.29 is 68.6 Å². The highest BCUT2D eigenvalue weighted by Crippen LogP contribution is 2.70. The Hall–Kier alpha value is -1.56. The van der Waals surface area contributed by atoms with Gasteiger partial charge < -0.3 is 63.9 Å². The lowest BCUT2D eigenvalue weighted by atomic mass is 9.41. The molecule has 3 heterocycles. The maximum Gasteiger partial charge on any atom is 0.331 e. The number of rotatable bonds is 8. The van der Waals surface area contributed by atoms with Gasteiger partial charge in [-0.1, -0.05) is 6.92 Å². The Morgan fingerprint density at radius 3 is 2.40 bits per heavy atom. The molecule has 0 radical (unpaired) electrons. The van der Waals surface area contributed by atoms with Crippen LogP contribution < -0.4 is 0 Å². The summed E-state index contributed by atoms with van der Waals surface area (Å²) in [6, 6.07) is 0. The number of methoxy groups -OCH3 is 1. The minimum absolute atomic E-state index is 0.0352. The topological polar surface area (TPSA) is 211 Å². The fourth-order valence-electron chi connectivity index (χ4n) is 11.5. The van der Waals surface area contributed by atoms with Crippen molar-refractivity contribution in [2.24, 2.45) is 28.6 Å². The van der Waals surface area contributed by atoms with Crippen LogP contribution >= 0.6 is 0 Å². The van der Waals surface area contributed by atoms with Gasteiger partial charge in [0.2, 0.25) is 0 Å². The van der Waals surface area contributed by atoms with Crippen LogP contribution in [0.4, 0.5) is 0 Å². The van der Waals surface area contributed by atoms with E-state index < -0.39 is 90.1 Å². The third-order valence-corrected chi connectivity index (χ3v) is 14.2. The highest BCUT2D eigenvalue weighted by molar-refractivity contribution is 5.85. The minimum atomic E-state index is -1.58. The summed E-state index contributed by atoms with van der Waals surface area (Å²) in [5, 5.41) is 65.3. The zero-order valence-electron chi connectivity index (χ0n) is 29.1. The van der Waals surface area contributed by atoms with Crippen LogP contribution in [0.5, 0.6) is 0 Å². The van der Waals surface area contributed by atoms with E-state index in [1.807, 2.05) is 0 Å². The zero-order chi connectivity index (χ0) is 35.8. The molecule has 14 heteroatoms. The molecule has 0 aromatic heterocycles. The first-order valence-corrected chi connectivity index (χ1v) is 18.3. The Morgan fingerprint density at radius 1 is 0.960 bits per heavy atom.